The zero-order valence-electron chi connectivity index (χ0n) is 11.0. The lowest BCUT2D eigenvalue weighted by Crippen LogP contribution is -2.45. The minimum atomic E-state index is -0.984. The molecule has 0 atom stereocenters. The number of rotatable bonds is 1. The van der Waals surface area contributed by atoms with Crippen molar-refractivity contribution in [3.63, 3.8) is 0 Å². The number of carbonyl (C=O) groups is 1. The maximum atomic E-state index is 12.3. The molecule has 0 unspecified atom stereocenters. The standard InChI is InChI=1S/C14H21NOSi/c1-12-5-4-6-13(11-12)14(16)15-7-9-17(2,3)10-8-15/h4-6,11H,7-10H2,1-3H3. The molecule has 1 aliphatic heterocycles. The fourth-order valence-corrected chi connectivity index (χ4v) is 4.28. The smallest absolute Gasteiger partial charge is 0.253 e. The van der Waals surface area contributed by atoms with Crippen molar-refractivity contribution in [2.75, 3.05) is 13.1 Å². The zero-order valence-corrected chi connectivity index (χ0v) is 12.0. The van der Waals surface area contributed by atoms with E-state index in [1.807, 2.05) is 36.1 Å². The van der Waals surface area contributed by atoms with E-state index in [0.29, 0.717) is 0 Å². The summed E-state index contributed by atoms with van der Waals surface area (Å²) in [4.78, 5) is 14.3. The molecule has 17 heavy (non-hydrogen) atoms. The van der Waals surface area contributed by atoms with Gasteiger partial charge in [0.05, 0.1) is 8.07 Å². The number of nitrogens with zero attached hydrogens (tertiary/aromatic N) is 1. The van der Waals surface area contributed by atoms with E-state index >= 15 is 0 Å². The Morgan fingerprint density at radius 3 is 2.47 bits per heavy atom. The molecule has 0 aliphatic carbocycles. The highest BCUT2D eigenvalue weighted by molar-refractivity contribution is 6.77. The summed E-state index contributed by atoms with van der Waals surface area (Å²) >= 11 is 0. The zero-order chi connectivity index (χ0) is 12.5. The third-order valence-corrected chi connectivity index (χ3v) is 6.82. The number of amides is 1. The van der Waals surface area contributed by atoms with Crippen molar-refractivity contribution < 1.29 is 4.79 Å². The summed E-state index contributed by atoms with van der Waals surface area (Å²) in [6, 6.07) is 10.4. The van der Waals surface area contributed by atoms with Crippen LogP contribution in [0.25, 0.3) is 0 Å². The minimum Gasteiger partial charge on any atom is -0.339 e. The average molecular weight is 247 g/mol. The molecule has 1 aromatic carbocycles. The van der Waals surface area contributed by atoms with E-state index in [1.165, 1.54) is 12.1 Å². The molecular formula is C14H21NOSi. The van der Waals surface area contributed by atoms with Crippen LogP contribution in [0.2, 0.25) is 25.2 Å². The first-order chi connectivity index (χ1) is 7.98. The van der Waals surface area contributed by atoms with Crippen molar-refractivity contribution in [1.82, 2.24) is 4.90 Å². The van der Waals surface area contributed by atoms with Crippen molar-refractivity contribution in [3.05, 3.63) is 35.4 Å². The van der Waals surface area contributed by atoms with Gasteiger partial charge in [-0.2, -0.15) is 0 Å². The van der Waals surface area contributed by atoms with E-state index in [2.05, 4.69) is 13.1 Å². The Hall–Kier alpha value is -1.09. The summed E-state index contributed by atoms with van der Waals surface area (Å²) in [6.45, 7) is 8.77. The van der Waals surface area contributed by atoms with Crippen LogP contribution < -0.4 is 0 Å². The first-order valence-electron chi connectivity index (χ1n) is 6.34. The summed E-state index contributed by atoms with van der Waals surface area (Å²) < 4.78 is 0. The van der Waals surface area contributed by atoms with Crippen LogP contribution in [0.4, 0.5) is 0 Å². The number of hydrogen-bond acceptors (Lipinski definition) is 1. The lowest BCUT2D eigenvalue weighted by molar-refractivity contribution is 0.0765. The van der Waals surface area contributed by atoms with Gasteiger partial charge in [-0.05, 0) is 31.1 Å². The van der Waals surface area contributed by atoms with Crippen LogP contribution in [-0.4, -0.2) is 32.0 Å². The molecule has 0 aromatic heterocycles. The maximum absolute atomic E-state index is 12.3. The number of carbonyl (C=O) groups excluding carboxylic acids is 1. The number of hydrogen-bond donors (Lipinski definition) is 0. The summed E-state index contributed by atoms with van der Waals surface area (Å²) in [7, 11) is -0.984. The quantitative estimate of drug-likeness (QED) is 0.698. The molecular weight excluding hydrogens is 226 g/mol. The second-order valence-electron chi connectivity index (χ2n) is 5.83. The van der Waals surface area contributed by atoms with Gasteiger partial charge < -0.3 is 4.90 Å². The van der Waals surface area contributed by atoms with Gasteiger partial charge >= 0.3 is 0 Å². The molecule has 0 saturated carbocycles. The molecule has 0 N–H and O–H groups in total. The summed E-state index contributed by atoms with van der Waals surface area (Å²) in [5, 5.41) is 0. The fraction of sp³-hybridized carbons (Fsp3) is 0.500. The van der Waals surface area contributed by atoms with Crippen molar-refractivity contribution in [1.29, 1.82) is 0 Å². The van der Waals surface area contributed by atoms with Gasteiger partial charge in [-0.3, -0.25) is 4.79 Å². The highest BCUT2D eigenvalue weighted by Crippen LogP contribution is 2.23. The van der Waals surface area contributed by atoms with Gasteiger partial charge in [0.1, 0.15) is 0 Å². The Morgan fingerprint density at radius 2 is 1.88 bits per heavy atom. The van der Waals surface area contributed by atoms with Crippen LogP contribution in [0.5, 0.6) is 0 Å². The molecule has 1 amide bonds. The first kappa shape index (κ1) is 12.4. The first-order valence-corrected chi connectivity index (χ1v) is 9.75. The largest absolute Gasteiger partial charge is 0.339 e. The van der Waals surface area contributed by atoms with Gasteiger partial charge in [-0.15, -0.1) is 0 Å². The molecule has 3 heteroatoms. The third-order valence-electron chi connectivity index (χ3n) is 3.67. The third kappa shape index (κ3) is 2.97. The Labute approximate surface area is 105 Å². The number of benzene rings is 1. The van der Waals surface area contributed by atoms with E-state index in [9.17, 15) is 4.79 Å². The van der Waals surface area contributed by atoms with Gasteiger partial charge in [-0.1, -0.05) is 30.8 Å². The Morgan fingerprint density at radius 1 is 1.24 bits per heavy atom. The van der Waals surface area contributed by atoms with Gasteiger partial charge in [0.15, 0.2) is 0 Å². The van der Waals surface area contributed by atoms with Gasteiger partial charge in [0, 0.05) is 18.7 Å². The lowest BCUT2D eigenvalue weighted by Gasteiger charge is -2.35. The van der Waals surface area contributed by atoms with Crippen LogP contribution in [0.15, 0.2) is 24.3 Å². The molecule has 1 saturated heterocycles. The van der Waals surface area contributed by atoms with Crippen molar-refractivity contribution in [3.8, 4) is 0 Å². The van der Waals surface area contributed by atoms with E-state index in [-0.39, 0.29) is 5.91 Å². The molecule has 92 valence electrons. The Kier molecular flexibility index (Phi) is 3.38. The lowest BCUT2D eigenvalue weighted by atomic mass is 10.1. The highest BCUT2D eigenvalue weighted by Gasteiger charge is 2.29. The van der Waals surface area contributed by atoms with Crippen molar-refractivity contribution in [2.45, 2.75) is 32.1 Å². The van der Waals surface area contributed by atoms with Gasteiger partial charge in [-0.25, -0.2) is 0 Å². The van der Waals surface area contributed by atoms with Crippen LogP contribution in [0, 0.1) is 6.92 Å². The van der Waals surface area contributed by atoms with Crippen molar-refractivity contribution >= 4 is 14.0 Å². The summed E-state index contributed by atoms with van der Waals surface area (Å²) in [5.41, 5.74) is 1.99. The highest BCUT2D eigenvalue weighted by atomic mass is 28.3. The van der Waals surface area contributed by atoms with Crippen LogP contribution >= 0.6 is 0 Å². The van der Waals surface area contributed by atoms with Crippen LogP contribution in [0.3, 0.4) is 0 Å². The van der Waals surface area contributed by atoms with Crippen LogP contribution in [0.1, 0.15) is 15.9 Å². The van der Waals surface area contributed by atoms with Crippen molar-refractivity contribution in [2.24, 2.45) is 0 Å². The summed E-state index contributed by atoms with van der Waals surface area (Å²) in [6.07, 6.45) is 0. The second kappa shape index (κ2) is 4.65. The molecule has 0 bridgehead atoms. The van der Waals surface area contributed by atoms with E-state index < -0.39 is 8.07 Å². The van der Waals surface area contributed by atoms with E-state index in [4.69, 9.17) is 0 Å². The molecule has 1 heterocycles. The molecule has 1 fully saturated rings. The number of aryl methyl sites for hydroxylation is 1. The minimum absolute atomic E-state index is 0.207. The molecule has 1 aliphatic rings. The molecule has 2 nitrogen and oxygen atoms in total. The average Bonchev–Trinajstić information content (AvgIpc) is 2.28. The topological polar surface area (TPSA) is 20.3 Å². The predicted molar refractivity (Wildman–Crippen MR) is 74.2 cm³/mol. The molecule has 0 spiro atoms. The SMILES string of the molecule is Cc1cccc(C(=O)N2CC[Si](C)(C)CC2)c1. The van der Waals surface area contributed by atoms with Gasteiger partial charge in [0.25, 0.3) is 5.91 Å². The molecule has 2 rings (SSSR count). The summed E-state index contributed by atoms with van der Waals surface area (Å²) in [5.74, 6) is 0.207. The molecule has 0 radical (unpaired) electrons. The predicted octanol–water partition coefficient (Wildman–Crippen LogP) is 3.16. The Balaban J connectivity index is 2.07. The molecule has 1 aromatic rings. The van der Waals surface area contributed by atoms with E-state index in [0.717, 1.165) is 24.2 Å². The Bertz CT molecular complexity index is 418. The second-order valence-corrected chi connectivity index (χ2v) is 11.2. The maximum Gasteiger partial charge on any atom is 0.253 e. The van der Waals surface area contributed by atoms with Crippen LogP contribution in [-0.2, 0) is 0 Å². The monoisotopic (exact) mass is 247 g/mol. The van der Waals surface area contributed by atoms with Gasteiger partial charge in [0.2, 0.25) is 0 Å². The fourth-order valence-electron chi connectivity index (χ4n) is 2.28. The van der Waals surface area contributed by atoms with E-state index in [1.54, 1.807) is 0 Å². The normalized spacial score (nSPS) is 19.1.